The molecule has 1 atom stereocenters. The zero-order valence-corrected chi connectivity index (χ0v) is 21.6. The molecule has 5 nitrogen and oxygen atoms in total. The van der Waals surface area contributed by atoms with Crippen molar-refractivity contribution >= 4 is 11.4 Å². The molecule has 10 heteroatoms. The number of alkyl halides is 3. The van der Waals surface area contributed by atoms with E-state index in [-0.39, 0.29) is 39.2 Å². The number of carbonyl (C=O) groups excluding carboxylic acids is 1. The van der Waals surface area contributed by atoms with E-state index in [1.165, 1.54) is 34.8 Å². The van der Waals surface area contributed by atoms with E-state index < -0.39 is 35.3 Å². The molecule has 5 aromatic rings. The van der Waals surface area contributed by atoms with Gasteiger partial charge in [-0.15, -0.1) is 0 Å². The molecule has 1 N–H and O–H groups in total. The summed E-state index contributed by atoms with van der Waals surface area (Å²) in [7, 11) is 0. The first kappa shape index (κ1) is 26.5. The third-order valence-corrected chi connectivity index (χ3v) is 7.16. The number of amides is 1. The van der Waals surface area contributed by atoms with Gasteiger partial charge in [0, 0.05) is 23.1 Å². The van der Waals surface area contributed by atoms with Gasteiger partial charge in [-0.2, -0.15) is 18.3 Å². The number of halogens is 5. The summed E-state index contributed by atoms with van der Waals surface area (Å²) in [6.07, 6.45) is -4.15. The number of nitrogens with zero attached hydrogens (tertiary/aromatic N) is 2. The van der Waals surface area contributed by atoms with Gasteiger partial charge in [0.25, 0.3) is 5.91 Å². The average molecular weight is 564 g/mol. The third-order valence-electron chi connectivity index (χ3n) is 7.16. The van der Waals surface area contributed by atoms with Crippen LogP contribution in [0, 0.1) is 18.6 Å². The number of fused-ring (bicyclic) bond motifs is 2. The number of nitrogens with one attached hydrogen (secondary N) is 1. The molecule has 1 aliphatic rings. The van der Waals surface area contributed by atoms with Crippen molar-refractivity contribution in [2.75, 3.05) is 6.61 Å². The minimum Gasteiger partial charge on any atom is -0.493 e. The number of hydrogen-bond donors (Lipinski definition) is 1. The lowest BCUT2D eigenvalue weighted by molar-refractivity contribution is -0.137. The highest BCUT2D eigenvalue weighted by atomic mass is 19.4. The summed E-state index contributed by atoms with van der Waals surface area (Å²) in [5, 5.41) is 7.45. The van der Waals surface area contributed by atoms with Crippen molar-refractivity contribution in [3.05, 3.63) is 113 Å². The molecular formula is C31H22F5N3O2. The van der Waals surface area contributed by atoms with Crippen molar-refractivity contribution in [1.29, 1.82) is 0 Å². The third kappa shape index (κ3) is 4.69. The van der Waals surface area contributed by atoms with E-state index in [0.717, 1.165) is 29.8 Å². The molecular weight excluding hydrogens is 541 g/mol. The number of rotatable bonds is 4. The largest absolute Gasteiger partial charge is 0.493 e. The SMILES string of the molecule is Cc1nn2c(-c3cccc(C(F)(F)F)c3)c(C(=O)N[C@H]3CCOc4ccccc43)ccc2c1-c1c(F)cccc1F. The predicted molar refractivity (Wildman–Crippen MR) is 142 cm³/mol. The summed E-state index contributed by atoms with van der Waals surface area (Å²) in [6, 6.07) is 17.8. The molecule has 2 aromatic heterocycles. The maximum atomic E-state index is 14.8. The number of aryl methyl sites for hydroxylation is 1. The topological polar surface area (TPSA) is 55.6 Å². The molecule has 0 fully saturated rings. The quantitative estimate of drug-likeness (QED) is 0.230. The van der Waals surface area contributed by atoms with Gasteiger partial charge in [-0.25, -0.2) is 13.3 Å². The Hall–Kier alpha value is -4.73. The number of carbonyl (C=O) groups is 1. The van der Waals surface area contributed by atoms with Crippen molar-refractivity contribution in [3.8, 4) is 28.1 Å². The number of benzene rings is 3. The van der Waals surface area contributed by atoms with Crippen molar-refractivity contribution in [2.45, 2.75) is 25.6 Å². The Kier molecular flexibility index (Phi) is 6.48. The molecule has 1 amide bonds. The van der Waals surface area contributed by atoms with Crippen LogP contribution in [0.25, 0.3) is 27.9 Å². The molecule has 1 aliphatic heterocycles. The smallest absolute Gasteiger partial charge is 0.416 e. The summed E-state index contributed by atoms with van der Waals surface area (Å²) in [5.41, 5.74) is 0.310. The number of hydrogen-bond acceptors (Lipinski definition) is 3. The fourth-order valence-electron chi connectivity index (χ4n) is 5.30. The summed E-state index contributed by atoms with van der Waals surface area (Å²) >= 11 is 0. The summed E-state index contributed by atoms with van der Waals surface area (Å²) in [5.74, 6) is -1.54. The van der Waals surface area contributed by atoms with Gasteiger partial charge >= 0.3 is 6.18 Å². The van der Waals surface area contributed by atoms with Crippen LogP contribution in [0.15, 0.2) is 78.9 Å². The molecule has 0 radical (unpaired) electrons. The Morgan fingerprint density at radius 2 is 1.68 bits per heavy atom. The second-order valence-electron chi connectivity index (χ2n) is 9.73. The Morgan fingerprint density at radius 1 is 0.951 bits per heavy atom. The molecule has 208 valence electrons. The predicted octanol–water partition coefficient (Wildman–Crippen LogP) is 7.53. The Labute approximate surface area is 231 Å². The average Bonchev–Trinajstić information content (AvgIpc) is 3.27. The van der Waals surface area contributed by atoms with Gasteiger partial charge in [-0.1, -0.05) is 36.4 Å². The second-order valence-corrected chi connectivity index (χ2v) is 9.73. The van der Waals surface area contributed by atoms with Crippen LogP contribution in [0.2, 0.25) is 0 Å². The van der Waals surface area contributed by atoms with Gasteiger partial charge in [-0.05, 0) is 49.4 Å². The van der Waals surface area contributed by atoms with Crippen LogP contribution >= 0.6 is 0 Å². The van der Waals surface area contributed by atoms with Crippen LogP contribution < -0.4 is 10.1 Å². The first-order chi connectivity index (χ1) is 19.6. The summed E-state index contributed by atoms with van der Waals surface area (Å²) < 4.78 is 77.7. The maximum absolute atomic E-state index is 14.8. The first-order valence-corrected chi connectivity index (χ1v) is 12.8. The Balaban J connectivity index is 1.55. The zero-order valence-electron chi connectivity index (χ0n) is 21.6. The minimum atomic E-state index is -4.64. The lowest BCUT2D eigenvalue weighted by Gasteiger charge is -2.27. The highest BCUT2D eigenvalue weighted by molar-refractivity contribution is 6.02. The number of pyridine rings is 1. The van der Waals surface area contributed by atoms with Crippen LogP contribution in [-0.2, 0) is 6.18 Å². The highest BCUT2D eigenvalue weighted by Gasteiger charge is 2.32. The van der Waals surface area contributed by atoms with E-state index in [2.05, 4.69) is 10.4 Å². The van der Waals surface area contributed by atoms with Crippen molar-refractivity contribution in [3.63, 3.8) is 0 Å². The van der Waals surface area contributed by atoms with Gasteiger partial charge in [0.05, 0.1) is 46.2 Å². The standard InChI is InChI=1S/C31H22F5N3O2/c1-17-27(28-22(32)9-5-10-23(28)33)25-13-12-21(30(40)37-24-14-15-41-26-11-3-2-8-20(24)26)29(39(25)38-17)18-6-4-7-19(16-18)31(34,35)36/h2-13,16,24H,14-15H2,1H3,(H,37,40)/t24-/m0/s1. The fraction of sp³-hybridized carbons (Fsp3) is 0.161. The number of aromatic nitrogens is 2. The van der Waals surface area contributed by atoms with Gasteiger partial charge in [0.15, 0.2) is 0 Å². The summed E-state index contributed by atoms with van der Waals surface area (Å²) in [4.78, 5) is 13.8. The Morgan fingerprint density at radius 3 is 2.44 bits per heavy atom. The molecule has 3 heterocycles. The van der Waals surface area contributed by atoms with Crippen molar-refractivity contribution in [1.82, 2.24) is 14.9 Å². The molecule has 0 unspecified atom stereocenters. The fourth-order valence-corrected chi connectivity index (χ4v) is 5.30. The first-order valence-electron chi connectivity index (χ1n) is 12.8. The molecule has 6 rings (SSSR count). The van der Waals surface area contributed by atoms with Crippen LogP contribution in [0.3, 0.4) is 0 Å². The monoisotopic (exact) mass is 563 g/mol. The second kappa shape index (κ2) is 10.0. The highest BCUT2D eigenvalue weighted by Crippen LogP contribution is 2.38. The molecule has 3 aromatic carbocycles. The maximum Gasteiger partial charge on any atom is 0.416 e. The van der Waals surface area contributed by atoms with Crippen LogP contribution in [-0.4, -0.2) is 22.1 Å². The number of para-hydroxylation sites is 1. The van der Waals surface area contributed by atoms with Crippen LogP contribution in [0.1, 0.15) is 39.6 Å². The van der Waals surface area contributed by atoms with Gasteiger partial charge in [0.1, 0.15) is 17.4 Å². The van der Waals surface area contributed by atoms with E-state index >= 15 is 0 Å². The van der Waals surface area contributed by atoms with Crippen molar-refractivity contribution in [2.24, 2.45) is 0 Å². The molecule has 0 saturated carbocycles. The zero-order chi connectivity index (χ0) is 28.9. The molecule has 0 spiro atoms. The lowest BCUT2D eigenvalue weighted by Crippen LogP contribution is -2.32. The van der Waals surface area contributed by atoms with E-state index in [0.29, 0.717) is 18.8 Å². The number of ether oxygens (including phenoxy) is 1. The van der Waals surface area contributed by atoms with Gasteiger partial charge in [0.2, 0.25) is 0 Å². The van der Waals surface area contributed by atoms with E-state index in [1.54, 1.807) is 13.0 Å². The minimum absolute atomic E-state index is 0.0452. The van der Waals surface area contributed by atoms with Gasteiger partial charge in [-0.3, -0.25) is 4.79 Å². The van der Waals surface area contributed by atoms with E-state index in [1.807, 2.05) is 18.2 Å². The molecule has 0 saturated heterocycles. The lowest BCUT2D eigenvalue weighted by atomic mass is 9.98. The normalized spacial score (nSPS) is 14.9. The van der Waals surface area contributed by atoms with Crippen LogP contribution in [0.5, 0.6) is 5.75 Å². The molecule has 41 heavy (non-hydrogen) atoms. The van der Waals surface area contributed by atoms with Crippen molar-refractivity contribution < 1.29 is 31.5 Å². The summed E-state index contributed by atoms with van der Waals surface area (Å²) in [6.45, 7) is 1.92. The Bertz CT molecular complexity index is 1790. The molecule has 0 aliphatic carbocycles. The van der Waals surface area contributed by atoms with E-state index in [4.69, 9.17) is 4.74 Å². The van der Waals surface area contributed by atoms with E-state index in [9.17, 15) is 26.7 Å². The van der Waals surface area contributed by atoms with Gasteiger partial charge < -0.3 is 10.1 Å². The molecule has 0 bridgehead atoms. The van der Waals surface area contributed by atoms with Crippen LogP contribution in [0.4, 0.5) is 22.0 Å².